The van der Waals surface area contributed by atoms with Gasteiger partial charge in [0.25, 0.3) is 0 Å². The number of piperidine rings is 1. The number of nitrogens with zero attached hydrogens (tertiary/aromatic N) is 2. The number of hydrogen-bond acceptors (Lipinski definition) is 5. The van der Waals surface area contributed by atoms with Gasteiger partial charge in [-0.1, -0.05) is 6.92 Å². The Kier molecular flexibility index (Phi) is 11.8. The fourth-order valence-corrected chi connectivity index (χ4v) is 2.51. The maximum absolute atomic E-state index is 11.8. The molecule has 140 valence electrons. The molecular weight excluding hydrogens is 425 g/mol. The first-order valence-electron chi connectivity index (χ1n) is 8.31. The number of likely N-dealkylation sites (tertiary alicyclic amines) is 1. The molecule has 7 nitrogen and oxygen atoms in total. The summed E-state index contributed by atoms with van der Waals surface area (Å²) < 4.78 is 9.81. The molecule has 0 aliphatic carbocycles. The van der Waals surface area contributed by atoms with E-state index >= 15 is 0 Å². The molecule has 1 atom stereocenters. The molecule has 1 N–H and O–H groups in total. The van der Waals surface area contributed by atoms with Crippen LogP contribution in [0.5, 0.6) is 0 Å². The second kappa shape index (κ2) is 12.3. The second-order valence-electron chi connectivity index (χ2n) is 5.63. The summed E-state index contributed by atoms with van der Waals surface area (Å²) in [6.07, 6.45) is 1.52. The summed E-state index contributed by atoms with van der Waals surface area (Å²) in [5.74, 6) is 0.123. The number of carbonyl (C=O) groups excluding carboxylic acids is 2. The highest BCUT2D eigenvalue weighted by Gasteiger charge is 2.27. The number of rotatable bonds is 6. The molecule has 1 aliphatic heterocycles. The normalized spacial score (nSPS) is 16.8. The molecule has 0 aromatic rings. The van der Waals surface area contributed by atoms with Gasteiger partial charge in [-0.2, -0.15) is 0 Å². The number of ether oxygens (including phenoxy) is 2. The van der Waals surface area contributed by atoms with Gasteiger partial charge in [0.1, 0.15) is 0 Å². The first kappa shape index (κ1) is 22.9. The number of esters is 2. The predicted octanol–water partition coefficient (Wildman–Crippen LogP) is 1.65. The van der Waals surface area contributed by atoms with Crippen LogP contribution in [0.2, 0.25) is 0 Å². The highest BCUT2D eigenvalue weighted by Crippen LogP contribution is 2.18. The van der Waals surface area contributed by atoms with Crippen molar-refractivity contribution < 1.29 is 19.1 Å². The topological polar surface area (TPSA) is 80.2 Å². The van der Waals surface area contributed by atoms with E-state index in [4.69, 9.17) is 9.47 Å². The zero-order valence-corrected chi connectivity index (χ0v) is 17.4. The monoisotopic (exact) mass is 455 g/mol. The molecule has 24 heavy (non-hydrogen) atoms. The zero-order valence-electron chi connectivity index (χ0n) is 15.0. The molecule has 1 rings (SSSR count). The minimum atomic E-state index is -0.272. The molecule has 0 bridgehead atoms. The average molecular weight is 455 g/mol. The van der Waals surface area contributed by atoms with Crippen LogP contribution in [0.4, 0.5) is 0 Å². The highest BCUT2D eigenvalue weighted by molar-refractivity contribution is 14.0. The second-order valence-corrected chi connectivity index (χ2v) is 5.63. The van der Waals surface area contributed by atoms with Crippen molar-refractivity contribution in [1.82, 2.24) is 10.2 Å². The highest BCUT2D eigenvalue weighted by atomic mass is 127. The Morgan fingerprint density at radius 2 is 1.92 bits per heavy atom. The van der Waals surface area contributed by atoms with Gasteiger partial charge in [0.05, 0.1) is 32.1 Å². The van der Waals surface area contributed by atoms with E-state index in [1.165, 1.54) is 7.11 Å². The summed E-state index contributed by atoms with van der Waals surface area (Å²) in [5, 5.41) is 3.24. The number of aliphatic imine (C=N–C) groups is 1. The first-order chi connectivity index (χ1) is 11.0. The summed E-state index contributed by atoms with van der Waals surface area (Å²) >= 11 is 0. The molecular formula is C16H30IN3O4. The van der Waals surface area contributed by atoms with Gasteiger partial charge >= 0.3 is 11.9 Å². The lowest BCUT2D eigenvalue weighted by molar-refractivity contribution is -0.149. The lowest BCUT2D eigenvalue weighted by atomic mass is 9.97. The zero-order chi connectivity index (χ0) is 17.2. The number of methoxy groups -OCH3 is 1. The Hall–Kier alpha value is -1.06. The average Bonchev–Trinajstić information content (AvgIpc) is 2.57. The van der Waals surface area contributed by atoms with E-state index in [1.54, 1.807) is 6.92 Å². The number of nitrogens with one attached hydrogen (secondary N) is 1. The molecule has 0 saturated carbocycles. The van der Waals surface area contributed by atoms with Crippen LogP contribution in [0.1, 0.15) is 33.6 Å². The van der Waals surface area contributed by atoms with Crippen molar-refractivity contribution in [2.24, 2.45) is 16.8 Å². The van der Waals surface area contributed by atoms with E-state index in [0.717, 1.165) is 38.4 Å². The molecule has 1 unspecified atom stereocenters. The van der Waals surface area contributed by atoms with Gasteiger partial charge in [-0.15, -0.1) is 24.0 Å². The van der Waals surface area contributed by atoms with Crippen molar-refractivity contribution >= 4 is 41.9 Å². The third kappa shape index (κ3) is 7.23. The molecule has 1 aliphatic rings. The fraction of sp³-hybridized carbons (Fsp3) is 0.812. The molecule has 1 saturated heterocycles. The molecule has 0 amide bonds. The molecule has 8 heteroatoms. The summed E-state index contributed by atoms with van der Waals surface area (Å²) in [4.78, 5) is 29.9. The summed E-state index contributed by atoms with van der Waals surface area (Å²) in [5.41, 5.74) is 0. The number of halogens is 1. The first-order valence-corrected chi connectivity index (χ1v) is 8.31. The Balaban J connectivity index is 0.00000529. The largest absolute Gasteiger partial charge is 0.469 e. The molecule has 1 fully saturated rings. The lowest BCUT2D eigenvalue weighted by Crippen LogP contribution is -2.47. The van der Waals surface area contributed by atoms with Crippen LogP contribution in [0.25, 0.3) is 0 Å². The number of carbonyl (C=O) groups is 2. The van der Waals surface area contributed by atoms with Gasteiger partial charge in [-0.25, -0.2) is 0 Å². The number of hydrogen-bond donors (Lipinski definition) is 1. The maximum atomic E-state index is 11.8. The molecule has 0 radical (unpaired) electrons. The summed E-state index contributed by atoms with van der Waals surface area (Å²) in [7, 11) is 1.38. The van der Waals surface area contributed by atoms with Gasteiger partial charge in [0, 0.05) is 19.6 Å². The third-order valence-corrected chi connectivity index (χ3v) is 3.87. The summed E-state index contributed by atoms with van der Waals surface area (Å²) in [6.45, 7) is 8.69. The number of guanidine groups is 1. The molecule has 1 heterocycles. The summed E-state index contributed by atoms with van der Waals surface area (Å²) in [6, 6.07) is 0. The van der Waals surface area contributed by atoms with E-state index in [9.17, 15) is 9.59 Å². The SMILES string of the molecule is CCNC(=NCC(C)C(=O)OC)N1CCC(C(=O)OCC)CC1.I. The van der Waals surface area contributed by atoms with Crippen LogP contribution in [0, 0.1) is 11.8 Å². The van der Waals surface area contributed by atoms with Crippen molar-refractivity contribution in [2.75, 3.05) is 39.9 Å². The maximum Gasteiger partial charge on any atom is 0.310 e. The van der Waals surface area contributed by atoms with Crippen molar-refractivity contribution in [2.45, 2.75) is 33.6 Å². The van der Waals surface area contributed by atoms with Crippen LogP contribution in [-0.2, 0) is 19.1 Å². The fourth-order valence-electron chi connectivity index (χ4n) is 2.51. The van der Waals surface area contributed by atoms with Crippen LogP contribution in [0.15, 0.2) is 4.99 Å². The Morgan fingerprint density at radius 3 is 2.42 bits per heavy atom. The smallest absolute Gasteiger partial charge is 0.310 e. The van der Waals surface area contributed by atoms with E-state index < -0.39 is 0 Å². The van der Waals surface area contributed by atoms with E-state index in [1.807, 2.05) is 13.8 Å². The third-order valence-electron chi connectivity index (χ3n) is 3.87. The van der Waals surface area contributed by atoms with Crippen LogP contribution in [0.3, 0.4) is 0 Å². The lowest BCUT2D eigenvalue weighted by Gasteiger charge is -2.33. The minimum Gasteiger partial charge on any atom is -0.469 e. The van der Waals surface area contributed by atoms with Crippen LogP contribution < -0.4 is 5.32 Å². The molecule has 0 aromatic carbocycles. The standard InChI is InChI=1S/C16H29N3O4.HI/c1-5-17-16(18-11-12(3)14(20)22-4)19-9-7-13(8-10-19)15(21)23-6-2;/h12-13H,5-11H2,1-4H3,(H,17,18);1H. The van der Waals surface area contributed by atoms with E-state index in [2.05, 4.69) is 15.2 Å². The van der Waals surface area contributed by atoms with Gasteiger partial charge in [-0.05, 0) is 26.7 Å². The van der Waals surface area contributed by atoms with Crippen molar-refractivity contribution in [3.63, 3.8) is 0 Å². The van der Waals surface area contributed by atoms with Crippen molar-refractivity contribution in [3.05, 3.63) is 0 Å². The van der Waals surface area contributed by atoms with E-state index in [-0.39, 0.29) is 47.8 Å². The Morgan fingerprint density at radius 1 is 1.29 bits per heavy atom. The quantitative estimate of drug-likeness (QED) is 0.284. The van der Waals surface area contributed by atoms with Crippen LogP contribution in [-0.4, -0.2) is 62.7 Å². The van der Waals surface area contributed by atoms with Crippen molar-refractivity contribution in [1.29, 1.82) is 0 Å². The van der Waals surface area contributed by atoms with Gasteiger partial charge in [0.2, 0.25) is 0 Å². The van der Waals surface area contributed by atoms with Gasteiger partial charge < -0.3 is 19.7 Å². The molecule has 0 aromatic heterocycles. The predicted molar refractivity (Wildman–Crippen MR) is 104 cm³/mol. The van der Waals surface area contributed by atoms with Gasteiger partial charge in [0.15, 0.2) is 5.96 Å². The van der Waals surface area contributed by atoms with Crippen LogP contribution >= 0.6 is 24.0 Å². The Labute approximate surface area is 161 Å². The molecule has 0 spiro atoms. The van der Waals surface area contributed by atoms with Gasteiger partial charge in [-0.3, -0.25) is 14.6 Å². The minimum absolute atomic E-state index is 0. The van der Waals surface area contributed by atoms with Crippen molar-refractivity contribution in [3.8, 4) is 0 Å². The Bertz CT molecular complexity index is 424. The van der Waals surface area contributed by atoms with E-state index in [0.29, 0.717) is 13.2 Å².